The number of thiophene rings is 1. The van der Waals surface area contributed by atoms with Crippen LogP contribution < -0.4 is 4.90 Å². The molecule has 2 aromatic carbocycles. The van der Waals surface area contributed by atoms with Crippen molar-refractivity contribution in [1.29, 1.82) is 0 Å². The number of anilines is 1. The van der Waals surface area contributed by atoms with Crippen LogP contribution in [0.2, 0.25) is 5.02 Å². The van der Waals surface area contributed by atoms with Gasteiger partial charge in [-0.25, -0.2) is 4.90 Å². The number of nitrogens with zero attached hydrogens (tertiary/aromatic N) is 3. The molecule has 0 saturated carbocycles. The Labute approximate surface area is 229 Å². The van der Waals surface area contributed by atoms with Crippen molar-refractivity contribution in [2.75, 3.05) is 4.90 Å². The van der Waals surface area contributed by atoms with Crippen molar-refractivity contribution in [3.05, 3.63) is 89.0 Å². The monoisotopic (exact) mass is 543 g/mol. The molecule has 3 unspecified atom stereocenters. The number of hydrogen-bond acceptors (Lipinski definition) is 5. The van der Waals surface area contributed by atoms with E-state index in [-0.39, 0.29) is 17.6 Å². The predicted octanol–water partition coefficient (Wildman–Crippen LogP) is 6.76. The van der Waals surface area contributed by atoms with Gasteiger partial charge in [0.2, 0.25) is 11.8 Å². The van der Waals surface area contributed by atoms with E-state index in [1.807, 2.05) is 56.3 Å². The van der Waals surface area contributed by atoms with Gasteiger partial charge < -0.3 is 5.11 Å². The van der Waals surface area contributed by atoms with E-state index in [9.17, 15) is 14.7 Å². The van der Waals surface area contributed by atoms with Crippen LogP contribution in [-0.2, 0) is 16.6 Å². The molecule has 1 aliphatic heterocycles. The lowest BCUT2D eigenvalue weighted by atomic mass is 9.60. The third-order valence-electron chi connectivity index (χ3n) is 8.13. The summed E-state index contributed by atoms with van der Waals surface area (Å²) >= 11 is 7.83. The minimum Gasteiger partial charge on any atom is -0.508 e. The van der Waals surface area contributed by atoms with Crippen molar-refractivity contribution in [2.45, 2.75) is 26.2 Å². The Bertz CT molecular complexity index is 1700. The number of fused-ring (bicyclic) bond motifs is 2. The van der Waals surface area contributed by atoms with E-state index in [1.165, 1.54) is 4.90 Å². The van der Waals surface area contributed by atoms with Gasteiger partial charge >= 0.3 is 0 Å². The maximum atomic E-state index is 14.3. The number of phenolic OH excluding ortho intramolecular Hbond substituents is 1. The number of aromatic nitrogens is 2. The Morgan fingerprint density at radius 1 is 1.21 bits per heavy atom. The third-order valence-corrected chi connectivity index (χ3v) is 9.66. The van der Waals surface area contributed by atoms with Gasteiger partial charge in [0.15, 0.2) is 0 Å². The molecule has 0 spiro atoms. The van der Waals surface area contributed by atoms with Gasteiger partial charge in [-0.3, -0.25) is 14.3 Å². The van der Waals surface area contributed by atoms with Crippen LogP contribution in [0.5, 0.6) is 5.75 Å². The van der Waals surface area contributed by atoms with Gasteiger partial charge in [-0.05, 0) is 61.1 Å². The van der Waals surface area contributed by atoms with E-state index in [0.717, 1.165) is 26.1 Å². The molecule has 2 aromatic heterocycles. The molecular weight excluding hydrogens is 518 g/mol. The molecule has 38 heavy (non-hydrogen) atoms. The molecule has 1 aliphatic carbocycles. The Hall–Kier alpha value is -3.68. The van der Waals surface area contributed by atoms with E-state index in [2.05, 4.69) is 6.58 Å². The average Bonchev–Trinajstić information content (AvgIpc) is 3.49. The molecule has 1 N–H and O–H groups in total. The number of carbonyl (C=O) groups is 2. The zero-order valence-corrected chi connectivity index (χ0v) is 22.8. The summed E-state index contributed by atoms with van der Waals surface area (Å²) in [6.07, 6.45) is 4.10. The SMILES string of the molecule is C=CC1=CCC2C(=O)N(c3cc(-c4sc5ccc(Cl)cc5c4C)nn3C)C(=O)C2(C)C1c1ccccc1O. The number of halogens is 1. The lowest BCUT2D eigenvalue weighted by Crippen LogP contribution is -2.42. The molecule has 1 fully saturated rings. The topological polar surface area (TPSA) is 75.4 Å². The molecule has 0 radical (unpaired) electrons. The number of allylic oxidation sites excluding steroid dienone is 3. The number of imide groups is 1. The molecule has 6 rings (SSSR count). The number of hydrogen-bond donors (Lipinski definition) is 1. The van der Waals surface area contributed by atoms with E-state index < -0.39 is 17.3 Å². The van der Waals surface area contributed by atoms with Gasteiger partial charge in [-0.2, -0.15) is 5.10 Å². The summed E-state index contributed by atoms with van der Waals surface area (Å²) in [4.78, 5) is 30.4. The van der Waals surface area contributed by atoms with Gasteiger partial charge in [-0.15, -0.1) is 11.3 Å². The predicted molar refractivity (Wildman–Crippen MR) is 152 cm³/mol. The van der Waals surface area contributed by atoms with Crippen LogP contribution in [0.4, 0.5) is 5.82 Å². The molecule has 3 atom stereocenters. The molecule has 2 aliphatic rings. The van der Waals surface area contributed by atoms with Crippen LogP contribution in [0.3, 0.4) is 0 Å². The summed E-state index contributed by atoms with van der Waals surface area (Å²) in [5, 5.41) is 17.2. The Morgan fingerprint density at radius 3 is 2.71 bits per heavy atom. The summed E-state index contributed by atoms with van der Waals surface area (Å²) in [5.74, 6) is -1.13. The lowest BCUT2D eigenvalue weighted by Gasteiger charge is -2.40. The molecule has 6 nitrogen and oxygen atoms in total. The summed E-state index contributed by atoms with van der Waals surface area (Å²) in [7, 11) is 1.75. The first-order valence-corrected chi connectivity index (χ1v) is 13.6. The number of aromatic hydroxyl groups is 1. The highest BCUT2D eigenvalue weighted by atomic mass is 35.5. The molecule has 2 amide bonds. The van der Waals surface area contributed by atoms with Gasteiger partial charge in [0.05, 0.1) is 16.2 Å². The highest BCUT2D eigenvalue weighted by Crippen LogP contribution is 2.58. The molecule has 192 valence electrons. The van der Waals surface area contributed by atoms with Crippen molar-refractivity contribution < 1.29 is 14.7 Å². The second-order valence-electron chi connectivity index (χ2n) is 10.2. The van der Waals surface area contributed by atoms with Crippen molar-refractivity contribution in [3.63, 3.8) is 0 Å². The third kappa shape index (κ3) is 3.35. The van der Waals surface area contributed by atoms with E-state index in [0.29, 0.717) is 28.5 Å². The summed E-state index contributed by atoms with van der Waals surface area (Å²) in [5.41, 5.74) is 2.09. The summed E-state index contributed by atoms with van der Waals surface area (Å²) < 4.78 is 2.69. The number of benzene rings is 2. The van der Waals surface area contributed by atoms with Crippen LogP contribution in [-0.4, -0.2) is 26.7 Å². The quantitative estimate of drug-likeness (QED) is 0.288. The largest absolute Gasteiger partial charge is 0.508 e. The van der Waals surface area contributed by atoms with Crippen LogP contribution in [0, 0.1) is 18.3 Å². The van der Waals surface area contributed by atoms with Crippen LogP contribution >= 0.6 is 22.9 Å². The van der Waals surface area contributed by atoms with Crippen molar-refractivity contribution in [3.8, 4) is 16.3 Å². The van der Waals surface area contributed by atoms with E-state index >= 15 is 0 Å². The van der Waals surface area contributed by atoms with Crippen molar-refractivity contribution >= 4 is 50.7 Å². The standard InChI is InChI=1S/C30H26ClN3O3S/c1-5-17-10-12-21-28(36)34(29(37)30(21,3)26(17)19-8-6-7-9-23(19)35)25-15-22(32-33(25)4)27-16(2)20-14-18(31)11-13-24(20)38-27/h5-11,13-15,21,26,35H,1,12H2,2-4H3. The zero-order chi connectivity index (χ0) is 26.9. The first kappa shape index (κ1) is 24.6. The Kier molecular flexibility index (Phi) is 5.63. The van der Waals surface area contributed by atoms with Gasteiger partial charge in [0.25, 0.3) is 0 Å². The fraction of sp³-hybridized carbons (Fsp3) is 0.233. The highest BCUT2D eigenvalue weighted by molar-refractivity contribution is 7.22. The number of carbonyl (C=O) groups excluding carboxylic acids is 2. The zero-order valence-electron chi connectivity index (χ0n) is 21.2. The Balaban J connectivity index is 1.46. The molecule has 8 heteroatoms. The summed E-state index contributed by atoms with van der Waals surface area (Å²) in [6, 6.07) is 14.6. The first-order valence-electron chi connectivity index (χ1n) is 12.4. The fourth-order valence-electron chi connectivity index (χ4n) is 6.16. The number of phenols is 1. The van der Waals surface area contributed by atoms with Crippen LogP contribution in [0.25, 0.3) is 20.7 Å². The fourth-order valence-corrected chi connectivity index (χ4v) is 7.48. The molecule has 4 aromatic rings. The minimum absolute atomic E-state index is 0.0917. The highest BCUT2D eigenvalue weighted by Gasteiger charge is 2.62. The molecular formula is C30H26ClN3O3S. The second kappa shape index (κ2) is 8.68. The second-order valence-corrected chi connectivity index (χ2v) is 11.6. The summed E-state index contributed by atoms with van der Waals surface area (Å²) in [6.45, 7) is 7.82. The van der Waals surface area contributed by atoms with Gasteiger partial charge in [-0.1, -0.05) is 48.5 Å². The molecule has 3 heterocycles. The van der Waals surface area contributed by atoms with E-state index in [4.69, 9.17) is 16.7 Å². The maximum Gasteiger partial charge on any atom is 0.242 e. The first-order chi connectivity index (χ1) is 18.2. The maximum absolute atomic E-state index is 14.3. The minimum atomic E-state index is -1.09. The van der Waals surface area contributed by atoms with Crippen molar-refractivity contribution in [2.24, 2.45) is 18.4 Å². The normalized spacial score (nSPS) is 23.2. The van der Waals surface area contributed by atoms with Gasteiger partial charge in [0, 0.05) is 34.3 Å². The van der Waals surface area contributed by atoms with Crippen LogP contribution in [0.1, 0.15) is 30.4 Å². The lowest BCUT2D eigenvalue weighted by molar-refractivity contribution is -0.127. The van der Waals surface area contributed by atoms with Crippen LogP contribution in [0.15, 0.2) is 72.8 Å². The number of rotatable bonds is 4. The average molecular weight is 544 g/mol. The smallest absolute Gasteiger partial charge is 0.242 e. The van der Waals surface area contributed by atoms with Gasteiger partial charge in [0.1, 0.15) is 17.3 Å². The number of aryl methyl sites for hydroxylation is 2. The Morgan fingerprint density at radius 2 is 1.97 bits per heavy atom. The van der Waals surface area contributed by atoms with E-state index in [1.54, 1.807) is 41.3 Å². The number of amides is 2. The molecule has 0 bridgehead atoms. The number of para-hydroxylation sites is 1. The molecule has 1 saturated heterocycles. The van der Waals surface area contributed by atoms with Crippen molar-refractivity contribution in [1.82, 2.24) is 9.78 Å².